The molecule has 3 atom stereocenters. The van der Waals surface area contributed by atoms with Crippen molar-refractivity contribution in [3.63, 3.8) is 0 Å². The summed E-state index contributed by atoms with van der Waals surface area (Å²) in [5.41, 5.74) is 3.57. The monoisotopic (exact) mass is 492 g/mol. The number of aromatic nitrogens is 2. The Kier molecular flexibility index (Phi) is 7.09. The van der Waals surface area contributed by atoms with Crippen LogP contribution in [0.25, 0.3) is 17.3 Å². The summed E-state index contributed by atoms with van der Waals surface area (Å²) in [4.78, 5) is 0. The highest BCUT2D eigenvalue weighted by Crippen LogP contribution is 2.47. The highest BCUT2D eigenvalue weighted by Gasteiger charge is 2.45. The molecule has 178 valence electrons. The molecule has 2 aliphatic rings. The molecular weight excluding hydrogens is 463 g/mol. The van der Waals surface area contributed by atoms with E-state index in [4.69, 9.17) is 16.7 Å². The van der Waals surface area contributed by atoms with Gasteiger partial charge in [-0.3, -0.25) is 4.68 Å². The van der Waals surface area contributed by atoms with Gasteiger partial charge in [0.25, 0.3) is 10.2 Å². The van der Waals surface area contributed by atoms with E-state index in [0.717, 1.165) is 46.8 Å². The fourth-order valence-electron chi connectivity index (χ4n) is 5.30. The highest BCUT2D eigenvalue weighted by molar-refractivity contribution is 7.86. The summed E-state index contributed by atoms with van der Waals surface area (Å²) >= 11 is 6.72. The molecule has 1 aromatic heterocycles. The third kappa shape index (κ3) is 5.24. The summed E-state index contributed by atoms with van der Waals surface area (Å²) in [6.07, 6.45) is 7.94. The van der Waals surface area contributed by atoms with Gasteiger partial charge in [-0.25, -0.2) is 9.53 Å². The SMILES string of the molecule is CCCN(C1C2CCC1CC(/C=C/c1cc(-c3ccc(F)cc3)n(C)n1)=C(Cl)C2)S(N)(=O)=O. The van der Waals surface area contributed by atoms with Gasteiger partial charge in [0.2, 0.25) is 0 Å². The number of nitrogens with two attached hydrogens (primary N) is 1. The second kappa shape index (κ2) is 9.70. The van der Waals surface area contributed by atoms with Crippen LogP contribution in [0.4, 0.5) is 4.39 Å². The average Bonchev–Trinajstić information content (AvgIpc) is 3.27. The lowest BCUT2D eigenvalue weighted by molar-refractivity contribution is 0.221. The molecule has 0 amide bonds. The molecule has 0 radical (unpaired) electrons. The van der Waals surface area contributed by atoms with Gasteiger partial charge in [0.15, 0.2) is 0 Å². The van der Waals surface area contributed by atoms with Crippen LogP contribution in [0.15, 0.2) is 47.0 Å². The van der Waals surface area contributed by atoms with Crippen LogP contribution >= 0.6 is 11.6 Å². The zero-order valence-corrected chi connectivity index (χ0v) is 20.5. The molecule has 9 heteroatoms. The summed E-state index contributed by atoms with van der Waals surface area (Å²) in [6.45, 7) is 2.39. The van der Waals surface area contributed by atoms with Gasteiger partial charge in [-0.05, 0) is 91.5 Å². The van der Waals surface area contributed by atoms with Crippen molar-refractivity contribution in [1.82, 2.24) is 14.1 Å². The van der Waals surface area contributed by atoms with E-state index in [-0.39, 0.29) is 23.7 Å². The molecule has 2 aromatic rings. The molecule has 2 N–H and O–H groups in total. The lowest BCUT2D eigenvalue weighted by Crippen LogP contribution is -2.48. The number of aryl methyl sites for hydroxylation is 1. The van der Waals surface area contributed by atoms with E-state index in [0.29, 0.717) is 19.4 Å². The molecule has 2 aliphatic carbocycles. The van der Waals surface area contributed by atoms with Crippen molar-refractivity contribution < 1.29 is 12.8 Å². The minimum atomic E-state index is -3.77. The van der Waals surface area contributed by atoms with Gasteiger partial charge in [0.1, 0.15) is 5.82 Å². The van der Waals surface area contributed by atoms with Crippen LogP contribution in [0.1, 0.15) is 44.7 Å². The molecule has 33 heavy (non-hydrogen) atoms. The molecule has 1 fully saturated rings. The predicted molar refractivity (Wildman–Crippen MR) is 130 cm³/mol. The lowest BCUT2D eigenvalue weighted by atomic mass is 9.94. The summed E-state index contributed by atoms with van der Waals surface area (Å²) in [5.74, 6) is 0.0935. The Hall–Kier alpha value is -2.00. The first kappa shape index (κ1) is 24.1. The molecule has 6 nitrogen and oxygen atoms in total. The number of allylic oxidation sites excluding steroid dienone is 3. The summed E-state index contributed by atoms with van der Waals surface area (Å²) < 4.78 is 41.1. The van der Waals surface area contributed by atoms with Gasteiger partial charge in [-0.2, -0.15) is 17.8 Å². The first-order chi connectivity index (χ1) is 15.7. The molecule has 0 aliphatic heterocycles. The standard InChI is InChI=1S/C24H30ClFN4O2S/c1-3-12-30(33(27,31)32)24-18-4-5-19(24)14-22(25)17(13-18)8-11-21-15-23(29(2)28-21)16-6-9-20(26)10-7-16/h6-11,15,18-19,24H,3-5,12-14H2,1-2H3,(H2,27,31,32)/b11-8+. The van der Waals surface area contributed by atoms with Crippen molar-refractivity contribution in [2.24, 2.45) is 24.0 Å². The molecule has 1 aromatic carbocycles. The van der Waals surface area contributed by atoms with Crippen molar-refractivity contribution in [3.8, 4) is 11.3 Å². The highest BCUT2D eigenvalue weighted by atomic mass is 35.5. The minimum absolute atomic E-state index is 0.112. The Labute approximate surface area is 200 Å². The smallest absolute Gasteiger partial charge is 0.267 e. The van der Waals surface area contributed by atoms with Gasteiger partial charge in [-0.15, -0.1) is 0 Å². The van der Waals surface area contributed by atoms with Gasteiger partial charge >= 0.3 is 0 Å². The number of hydrogen-bond acceptors (Lipinski definition) is 3. The van der Waals surface area contributed by atoms with Crippen molar-refractivity contribution in [2.45, 2.75) is 45.1 Å². The molecule has 1 heterocycles. The van der Waals surface area contributed by atoms with Crippen molar-refractivity contribution >= 4 is 27.9 Å². The van der Waals surface area contributed by atoms with E-state index in [2.05, 4.69) is 5.10 Å². The van der Waals surface area contributed by atoms with Gasteiger partial charge in [0, 0.05) is 24.7 Å². The Morgan fingerprint density at radius 2 is 1.88 bits per heavy atom. The minimum Gasteiger partial charge on any atom is -0.267 e. The number of benzene rings is 1. The van der Waals surface area contributed by atoms with Gasteiger partial charge in [0.05, 0.1) is 11.4 Å². The normalized spacial score (nSPS) is 23.6. The second-order valence-corrected chi connectivity index (χ2v) is 11.0. The maximum atomic E-state index is 13.3. The number of halogens is 2. The van der Waals surface area contributed by atoms with Crippen LogP contribution in [0.5, 0.6) is 0 Å². The molecular formula is C24H30ClFN4O2S. The Balaban J connectivity index is 1.56. The van der Waals surface area contributed by atoms with Gasteiger partial charge < -0.3 is 0 Å². The van der Waals surface area contributed by atoms with Gasteiger partial charge in [-0.1, -0.05) is 24.6 Å². The van der Waals surface area contributed by atoms with E-state index in [1.54, 1.807) is 16.8 Å². The quantitative estimate of drug-likeness (QED) is 0.600. The third-order valence-electron chi connectivity index (χ3n) is 6.74. The maximum Gasteiger partial charge on any atom is 0.277 e. The van der Waals surface area contributed by atoms with Crippen LogP contribution in [0.3, 0.4) is 0 Å². The van der Waals surface area contributed by atoms with Crippen LogP contribution in [0, 0.1) is 17.7 Å². The molecule has 3 unspecified atom stereocenters. The first-order valence-electron chi connectivity index (χ1n) is 11.3. The van der Waals surface area contributed by atoms with Crippen LogP contribution in [0.2, 0.25) is 0 Å². The molecule has 1 saturated carbocycles. The average molecular weight is 493 g/mol. The summed E-state index contributed by atoms with van der Waals surface area (Å²) in [5, 5.41) is 10.9. The number of fused-ring (bicyclic) bond motifs is 2. The van der Waals surface area contributed by atoms with Crippen molar-refractivity contribution in [2.75, 3.05) is 6.54 Å². The van der Waals surface area contributed by atoms with E-state index in [1.807, 2.05) is 32.2 Å². The fourth-order valence-corrected chi connectivity index (χ4v) is 6.76. The van der Waals surface area contributed by atoms with E-state index in [9.17, 15) is 12.8 Å². The van der Waals surface area contributed by atoms with Crippen LogP contribution in [-0.2, 0) is 17.3 Å². The lowest BCUT2D eigenvalue weighted by Gasteiger charge is -2.33. The largest absolute Gasteiger partial charge is 0.277 e. The third-order valence-corrected chi connectivity index (χ3v) is 8.22. The summed E-state index contributed by atoms with van der Waals surface area (Å²) in [7, 11) is -1.92. The van der Waals surface area contributed by atoms with Crippen molar-refractivity contribution in [3.05, 3.63) is 58.5 Å². The summed E-state index contributed by atoms with van der Waals surface area (Å²) in [6, 6.07) is 8.17. The second-order valence-electron chi connectivity index (χ2n) is 9.00. The van der Waals surface area contributed by atoms with E-state index in [1.165, 1.54) is 16.4 Å². The number of nitrogens with zero attached hydrogens (tertiary/aromatic N) is 3. The fraction of sp³-hybridized carbons (Fsp3) is 0.458. The number of rotatable bonds is 7. The maximum absolute atomic E-state index is 13.3. The zero-order chi connectivity index (χ0) is 23.8. The number of hydrogen-bond donors (Lipinski definition) is 1. The molecule has 0 spiro atoms. The van der Waals surface area contributed by atoms with Crippen LogP contribution < -0.4 is 5.14 Å². The predicted octanol–water partition coefficient (Wildman–Crippen LogP) is 4.84. The van der Waals surface area contributed by atoms with Crippen LogP contribution in [-0.4, -0.2) is 35.1 Å². The molecule has 2 bridgehead atoms. The molecule has 4 rings (SSSR count). The Bertz CT molecular complexity index is 1170. The van der Waals surface area contributed by atoms with E-state index < -0.39 is 10.2 Å². The van der Waals surface area contributed by atoms with E-state index >= 15 is 0 Å². The topological polar surface area (TPSA) is 81.2 Å². The van der Waals surface area contributed by atoms with Crippen molar-refractivity contribution in [1.29, 1.82) is 0 Å². The Morgan fingerprint density at radius 1 is 1.21 bits per heavy atom. The Morgan fingerprint density at radius 3 is 2.52 bits per heavy atom. The molecule has 0 saturated heterocycles. The zero-order valence-electron chi connectivity index (χ0n) is 18.9. The first-order valence-corrected chi connectivity index (χ1v) is 13.2.